The minimum Gasteiger partial charge on any atom is -0.384 e. The molecule has 1 aliphatic heterocycles. The molecule has 0 spiro atoms. The lowest BCUT2D eigenvalue weighted by Crippen LogP contribution is -2.47. The number of nitrogens with one attached hydrogen (secondary N) is 2. The fourth-order valence-corrected chi connectivity index (χ4v) is 4.60. The standard InChI is InChI=1S/C19H31N3O4S/c1-15(2)22(3)27(24,25)17-7-5-16(6-8-17)18(23)21-13-19(14-26-4)9-11-20-12-10-19/h5-8,15,20H,9-14H2,1-4H3,(H,21,23). The second-order valence-corrected chi connectivity index (χ2v) is 9.50. The van der Waals surface area contributed by atoms with Gasteiger partial charge in [-0.3, -0.25) is 4.79 Å². The molecule has 2 N–H and O–H groups in total. The van der Waals surface area contributed by atoms with Gasteiger partial charge in [-0.25, -0.2) is 8.42 Å². The Morgan fingerprint density at radius 2 is 1.85 bits per heavy atom. The quantitative estimate of drug-likeness (QED) is 0.693. The number of hydrogen-bond donors (Lipinski definition) is 2. The molecule has 1 aliphatic rings. The number of carbonyl (C=O) groups excluding carboxylic acids is 1. The smallest absolute Gasteiger partial charge is 0.251 e. The molecule has 8 heteroatoms. The molecule has 1 heterocycles. The van der Waals surface area contributed by atoms with Crippen LogP contribution in [0.4, 0.5) is 0 Å². The molecule has 0 aliphatic carbocycles. The molecule has 27 heavy (non-hydrogen) atoms. The van der Waals surface area contributed by atoms with Gasteiger partial charge in [0.15, 0.2) is 0 Å². The van der Waals surface area contributed by atoms with Crippen LogP contribution in [0.2, 0.25) is 0 Å². The highest BCUT2D eigenvalue weighted by molar-refractivity contribution is 7.89. The van der Waals surface area contributed by atoms with Gasteiger partial charge in [-0.2, -0.15) is 4.31 Å². The Kier molecular flexibility index (Phi) is 7.39. The monoisotopic (exact) mass is 397 g/mol. The predicted octanol–water partition coefficient (Wildman–Crippen LogP) is 1.46. The lowest BCUT2D eigenvalue weighted by Gasteiger charge is -2.37. The molecule has 7 nitrogen and oxygen atoms in total. The summed E-state index contributed by atoms with van der Waals surface area (Å²) in [6, 6.07) is 5.95. The first-order chi connectivity index (χ1) is 12.7. The normalized spacial score (nSPS) is 17.3. The summed E-state index contributed by atoms with van der Waals surface area (Å²) in [7, 11) is -0.319. The van der Waals surface area contributed by atoms with Gasteiger partial charge in [-0.15, -0.1) is 0 Å². The number of nitrogens with zero attached hydrogens (tertiary/aromatic N) is 1. The predicted molar refractivity (Wildman–Crippen MR) is 105 cm³/mol. The van der Waals surface area contributed by atoms with E-state index in [1.165, 1.54) is 16.4 Å². The van der Waals surface area contributed by atoms with E-state index < -0.39 is 10.0 Å². The minimum absolute atomic E-state index is 0.0566. The van der Waals surface area contributed by atoms with Crippen LogP contribution in [0.5, 0.6) is 0 Å². The third-order valence-corrected chi connectivity index (χ3v) is 7.31. The van der Waals surface area contributed by atoms with Crippen molar-refractivity contribution in [3.05, 3.63) is 29.8 Å². The summed E-state index contributed by atoms with van der Waals surface area (Å²) < 4.78 is 31.7. The van der Waals surface area contributed by atoms with Crippen LogP contribution in [0.15, 0.2) is 29.2 Å². The van der Waals surface area contributed by atoms with Crippen molar-refractivity contribution in [2.45, 2.75) is 37.6 Å². The van der Waals surface area contributed by atoms with E-state index in [1.54, 1.807) is 26.3 Å². The average Bonchev–Trinajstić information content (AvgIpc) is 2.66. The molecule has 1 amide bonds. The Hall–Kier alpha value is -1.48. The Balaban J connectivity index is 2.05. The van der Waals surface area contributed by atoms with Crippen molar-refractivity contribution < 1.29 is 17.9 Å². The molecular formula is C19H31N3O4S. The summed E-state index contributed by atoms with van der Waals surface area (Å²) in [5.41, 5.74) is 0.390. The highest BCUT2D eigenvalue weighted by Crippen LogP contribution is 2.28. The van der Waals surface area contributed by atoms with Gasteiger partial charge in [0.1, 0.15) is 0 Å². The summed E-state index contributed by atoms with van der Waals surface area (Å²) in [6.45, 7) is 6.60. The van der Waals surface area contributed by atoms with E-state index in [1.807, 2.05) is 13.8 Å². The molecule has 152 valence electrons. The Morgan fingerprint density at radius 1 is 1.26 bits per heavy atom. The van der Waals surface area contributed by atoms with Gasteiger partial charge in [0.05, 0.1) is 11.5 Å². The molecular weight excluding hydrogens is 366 g/mol. The van der Waals surface area contributed by atoms with E-state index in [0.717, 1.165) is 25.9 Å². The second kappa shape index (κ2) is 9.14. The number of benzene rings is 1. The molecule has 0 bridgehead atoms. The van der Waals surface area contributed by atoms with Crippen molar-refractivity contribution in [3.63, 3.8) is 0 Å². The Labute approximate surface area is 162 Å². The van der Waals surface area contributed by atoms with Gasteiger partial charge < -0.3 is 15.4 Å². The van der Waals surface area contributed by atoms with Crippen LogP contribution in [-0.4, -0.2) is 65.1 Å². The van der Waals surface area contributed by atoms with E-state index >= 15 is 0 Å². The molecule has 1 aromatic rings. The van der Waals surface area contributed by atoms with Crippen molar-refractivity contribution >= 4 is 15.9 Å². The number of hydrogen-bond acceptors (Lipinski definition) is 5. The SMILES string of the molecule is COCC1(CNC(=O)c2ccc(S(=O)(=O)N(C)C(C)C)cc2)CCNCC1. The van der Waals surface area contributed by atoms with Crippen molar-refractivity contribution in [1.82, 2.24) is 14.9 Å². The Bertz CT molecular complexity index is 720. The highest BCUT2D eigenvalue weighted by atomic mass is 32.2. The van der Waals surface area contributed by atoms with E-state index in [2.05, 4.69) is 10.6 Å². The van der Waals surface area contributed by atoms with E-state index in [0.29, 0.717) is 18.7 Å². The van der Waals surface area contributed by atoms with Gasteiger partial charge in [-0.1, -0.05) is 0 Å². The van der Waals surface area contributed by atoms with Crippen LogP contribution in [0.3, 0.4) is 0 Å². The number of ether oxygens (including phenoxy) is 1. The molecule has 0 aromatic heterocycles. The fourth-order valence-electron chi connectivity index (χ4n) is 3.23. The van der Waals surface area contributed by atoms with Crippen molar-refractivity contribution in [2.24, 2.45) is 5.41 Å². The maximum absolute atomic E-state index is 12.5. The number of sulfonamides is 1. The first-order valence-electron chi connectivity index (χ1n) is 9.28. The lowest BCUT2D eigenvalue weighted by atomic mass is 9.79. The largest absolute Gasteiger partial charge is 0.384 e. The molecule has 0 saturated carbocycles. The molecule has 0 atom stereocenters. The number of piperidine rings is 1. The van der Waals surface area contributed by atoms with Crippen molar-refractivity contribution in [2.75, 3.05) is 40.4 Å². The van der Waals surface area contributed by atoms with E-state index in [-0.39, 0.29) is 22.3 Å². The number of carbonyl (C=O) groups is 1. The molecule has 1 fully saturated rings. The zero-order chi connectivity index (χ0) is 20.1. The molecule has 1 aromatic carbocycles. The van der Waals surface area contributed by atoms with Gasteiger partial charge in [0.2, 0.25) is 10.0 Å². The van der Waals surface area contributed by atoms with Gasteiger partial charge in [0, 0.05) is 37.7 Å². The topological polar surface area (TPSA) is 87.7 Å². The number of methoxy groups -OCH3 is 1. The van der Waals surface area contributed by atoms with Crippen LogP contribution in [0.1, 0.15) is 37.0 Å². The third kappa shape index (κ3) is 5.28. The van der Waals surface area contributed by atoms with Crippen molar-refractivity contribution in [3.8, 4) is 0 Å². The van der Waals surface area contributed by atoms with Crippen LogP contribution in [0, 0.1) is 5.41 Å². The van der Waals surface area contributed by atoms with Crippen LogP contribution < -0.4 is 10.6 Å². The maximum Gasteiger partial charge on any atom is 0.251 e. The summed E-state index contributed by atoms with van der Waals surface area (Å²) in [4.78, 5) is 12.7. The number of amides is 1. The summed E-state index contributed by atoms with van der Waals surface area (Å²) >= 11 is 0. The molecule has 1 saturated heterocycles. The number of rotatable bonds is 8. The first kappa shape index (κ1) is 21.8. The first-order valence-corrected chi connectivity index (χ1v) is 10.7. The minimum atomic E-state index is -3.55. The van der Waals surface area contributed by atoms with E-state index in [9.17, 15) is 13.2 Å². The zero-order valence-electron chi connectivity index (χ0n) is 16.6. The van der Waals surface area contributed by atoms with Gasteiger partial charge >= 0.3 is 0 Å². The lowest BCUT2D eigenvalue weighted by molar-refractivity contribution is 0.0511. The van der Waals surface area contributed by atoms with Crippen molar-refractivity contribution in [1.29, 1.82) is 0 Å². The third-order valence-electron chi connectivity index (χ3n) is 5.26. The second-order valence-electron chi connectivity index (χ2n) is 7.51. The zero-order valence-corrected chi connectivity index (χ0v) is 17.4. The average molecular weight is 398 g/mol. The highest BCUT2D eigenvalue weighted by Gasteiger charge is 2.32. The summed E-state index contributed by atoms with van der Waals surface area (Å²) in [6.07, 6.45) is 1.89. The molecule has 0 radical (unpaired) electrons. The van der Waals surface area contributed by atoms with E-state index in [4.69, 9.17) is 4.74 Å². The van der Waals surface area contributed by atoms with Gasteiger partial charge in [-0.05, 0) is 64.0 Å². The van der Waals surface area contributed by atoms with Gasteiger partial charge in [0.25, 0.3) is 5.91 Å². The maximum atomic E-state index is 12.5. The molecule has 0 unspecified atom stereocenters. The summed E-state index contributed by atoms with van der Waals surface area (Å²) in [5.74, 6) is -0.204. The molecule has 2 rings (SSSR count). The van der Waals surface area contributed by atoms with Crippen LogP contribution >= 0.6 is 0 Å². The summed E-state index contributed by atoms with van der Waals surface area (Å²) in [5, 5.41) is 6.31. The Morgan fingerprint density at radius 3 is 2.37 bits per heavy atom. The van der Waals surface area contributed by atoms with Crippen LogP contribution in [-0.2, 0) is 14.8 Å². The fraction of sp³-hybridized carbons (Fsp3) is 0.632. The van der Waals surface area contributed by atoms with Crippen LogP contribution in [0.25, 0.3) is 0 Å².